The Kier molecular flexibility index (Phi) is 3.82. The lowest BCUT2D eigenvalue weighted by molar-refractivity contribution is 0.146. The summed E-state index contributed by atoms with van der Waals surface area (Å²) in [5.41, 5.74) is 8.00. The van der Waals surface area contributed by atoms with E-state index in [0.29, 0.717) is 39.7 Å². The summed E-state index contributed by atoms with van der Waals surface area (Å²) in [5, 5.41) is 11.6. The van der Waals surface area contributed by atoms with E-state index < -0.39 is 6.43 Å². The number of rotatable bonds is 6. The highest BCUT2D eigenvalue weighted by Gasteiger charge is 2.43. The van der Waals surface area contributed by atoms with Crippen LogP contribution in [0.25, 0.3) is 22.2 Å². The summed E-state index contributed by atoms with van der Waals surface area (Å²) in [7, 11) is 1.65. The molecule has 148 valence electrons. The highest BCUT2D eigenvalue weighted by atomic mass is 19.3. The van der Waals surface area contributed by atoms with Crippen molar-refractivity contribution < 1.29 is 8.78 Å². The van der Waals surface area contributed by atoms with Crippen molar-refractivity contribution in [1.29, 1.82) is 0 Å². The molecule has 2 aliphatic carbocycles. The molecule has 0 aromatic carbocycles. The number of H-pyrrole nitrogens is 1. The van der Waals surface area contributed by atoms with Crippen molar-refractivity contribution in [1.82, 2.24) is 24.5 Å². The molecule has 3 aromatic heterocycles. The minimum atomic E-state index is -2.45. The summed E-state index contributed by atoms with van der Waals surface area (Å²) < 4.78 is 29.0. The fourth-order valence-corrected chi connectivity index (χ4v) is 4.28. The third kappa shape index (κ3) is 2.80. The first-order valence-corrected chi connectivity index (χ1v) is 9.64. The predicted octanol–water partition coefficient (Wildman–Crippen LogP) is 2.88. The monoisotopic (exact) mass is 388 g/mol. The SMILES string of the molecule is Cn1nc(-c2cn(C(C3CC3)C3CC3)c(=O)c3c(N)n[nH]c23)cc1CC(F)F. The van der Waals surface area contributed by atoms with Crippen LogP contribution in [0.5, 0.6) is 0 Å². The third-order valence-corrected chi connectivity index (χ3v) is 5.93. The summed E-state index contributed by atoms with van der Waals surface area (Å²) in [6.45, 7) is 0. The molecule has 3 aromatic rings. The van der Waals surface area contributed by atoms with E-state index in [1.165, 1.54) is 4.68 Å². The second-order valence-electron chi connectivity index (χ2n) is 8.02. The largest absolute Gasteiger partial charge is 0.382 e. The number of halogens is 2. The molecule has 0 amide bonds. The molecule has 0 saturated heterocycles. The average Bonchev–Trinajstić information content (AvgIpc) is 3.56. The topological polar surface area (TPSA) is 94.5 Å². The molecule has 0 unspecified atom stereocenters. The van der Waals surface area contributed by atoms with Gasteiger partial charge in [0.25, 0.3) is 5.56 Å². The summed E-state index contributed by atoms with van der Waals surface area (Å²) in [6, 6.07) is 1.81. The van der Waals surface area contributed by atoms with Gasteiger partial charge in [-0.25, -0.2) is 8.78 Å². The summed E-state index contributed by atoms with van der Waals surface area (Å²) in [4.78, 5) is 13.2. The molecule has 9 heteroatoms. The number of fused-ring (bicyclic) bond motifs is 1. The summed E-state index contributed by atoms with van der Waals surface area (Å²) in [5.74, 6) is 1.19. The van der Waals surface area contributed by atoms with Crippen molar-refractivity contribution in [3.63, 3.8) is 0 Å². The van der Waals surface area contributed by atoms with Crippen LogP contribution in [0.3, 0.4) is 0 Å². The third-order valence-electron chi connectivity index (χ3n) is 5.93. The number of pyridine rings is 1. The van der Waals surface area contributed by atoms with Gasteiger partial charge < -0.3 is 10.3 Å². The first kappa shape index (κ1) is 17.4. The fraction of sp³-hybridized carbons (Fsp3) is 0.526. The van der Waals surface area contributed by atoms with E-state index in [1.807, 2.05) is 6.20 Å². The lowest BCUT2D eigenvalue weighted by Crippen LogP contribution is -2.27. The Balaban J connectivity index is 1.70. The molecular formula is C19H22F2N6O. The van der Waals surface area contributed by atoms with Crippen molar-refractivity contribution >= 4 is 16.7 Å². The van der Waals surface area contributed by atoms with Gasteiger partial charge in [-0.3, -0.25) is 14.6 Å². The van der Waals surface area contributed by atoms with Gasteiger partial charge in [0.2, 0.25) is 6.43 Å². The van der Waals surface area contributed by atoms with Crippen LogP contribution in [0.4, 0.5) is 14.6 Å². The van der Waals surface area contributed by atoms with Crippen LogP contribution >= 0.6 is 0 Å². The van der Waals surface area contributed by atoms with Crippen molar-refractivity contribution in [3.05, 3.63) is 28.3 Å². The van der Waals surface area contributed by atoms with E-state index in [4.69, 9.17) is 5.73 Å². The van der Waals surface area contributed by atoms with Gasteiger partial charge in [0, 0.05) is 30.5 Å². The number of aromatic amines is 1. The van der Waals surface area contributed by atoms with Gasteiger partial charge in [0.15, 0.2) is 5.82 Å². The number of anilines is 1. The number of nitrogen functional groups attached to an aromatic ring is 1. The van der Waals surface area contributed by atoms with Crippen molar-refractivity contribution in [2.45, 2.75) is 44.6 Å². The summed E-state index contributed by atoms with van der Waals surface area (Å²) in [6.07, 6.45) is 3.51. The van der Waals surface area contributed by atoms with Crippen LogP contribution in [-0.2, 0) is 13.5 Å². The van der Waals surface area contributed by atoms with Crippen molar-refractivity contribution in [2.75, 3.05) is 5.73 Å². The lowest BCUT2D eigenvalue weighted by Gasteiger charge is -2.20. The Morgan fingerprint density at radius 1 is 1.29 bits per heavy atom. The van der Waals surface area contributed by atoms with Gasteiger partial charge in [-0.05, 0) is 43.6 Å². The van der Waals surface area contributed by atoms with Crippen LogP contribution in [0.2, 0.25) is 0 Å². The minimum absolute atomic E-state index is 0.141. The Labute approximate surface area is 159 Å². The number of aryl methyl sites for hydroxylation is 1. The van der Waals surface area contributed by atoms with Crippen LogP contribution in [0.15, 0.2) is 17.1 Å². The first-order chi connectivity index (χ1) is 13.4. The Morgan fingerprint density at radius 2 is 1.96 bits per heavy atom. The second-order valence-corrected chi connectivity index (χ2v) is 8.02. The van der Waals surface area contributed by atoms with E-state index in [9.17, 15) is 13.6 Å². The second kappa shape index (κ2) is 6.15. The molecule has 0 aliphatic heterocycles. The Morgan fingerprint density at radius 3 is 2.57 bits per heavy atom. The smallest absolute Gasteiger partial charge is 0.264 e. The van der Waals surface area contributed by atoms with Crippen molar-refractivity contribution in [2.24, 2.45) is 18.9 Å². The molecule has 28 heavy (non-hydrogen) atoms. The van der Waals surface area contributed by atoms with Gasteiger partial charge in [0.05, 0.1) is 17.6 Å². The van der Waals surface area contributed by atoms with Crippen LogP contribution in [0, 0.1) is 11.8 Å². The molecule has 0 spiro atoms. The average molecular weight is 388 g/mol. The van der Waals surface area contributed by atoms with Gasteiger partial charge in [-0.2, -0.15) is 10.2 Å². The maximum atomic E-state index is 13.2. The Hall–Kier alpha value is -2.71. The number of aromatic nitrogens is 5. The molecule has 2 aliphatic rings. The highest BCUT2D eigenvalue weighted by molar-refractivity contribution is 5.97. The zero-order chi connectivity index (χ0) is 19.6. The van der Waals surface area contributed by atoms with E-state index in [1.54, 1.807) is 17.7 Å². The van der Waals surface area contributed by atoms with E-state index >= 15 is 0 Å². The molecule has 3 heterocycles. The number of nitrogens with one attached hydrogen (secondary N) is 1. The lowest BCUT2D eigenvalue weighted by atomic mass is 10.0. The number of hydrogen-bond donors (Lipinski definition) is 2. The van der Waals surface area contributed by atoms with Crippen molar-refractivity contribution in [3.8, 4) is 11.3 Å². The maximum absolute atomic E-state index is 13.2. The molecule has 5 rings (SSSR count). The molecule has 2 fully saturated rings. The normalized spacial score (nSPS) is 17.3. The fourth-order valence-electron chi connectivity index (χ4n) is 4.28. The molecular weight excluding hydrogens is 366 g/mol. The summed E-state index contributed by atoms with van der Waals surface area (Å²) >= 11 is 0. The molecule has 7 nitrogen and oxygen atoms in total. The van der Waals surface area contributed by atoms with Crippen LogP contribution in [-0.4, -0.2) is 31.0 Å². The zero-order valence-corrected chi connectivity index (χ0v) is 15.5. The first-order valence-electron chi connectivity index (χ1n) is 9.64. The van der Waals surface area contributed by atoms with E-state index in [-0.39, 0.29) is 23.8 Å². The molecule has 0 radical (unpaired) electrons. The number of hydrogen-bond acceptors (Lipinski definition) is 4. The van der Waals surface area contributed by atoms with E-state index in [2.05, 4.69) is 15.3 Å². The van der Waals surface area contributed by atoms with Gasteiger partial charge >= 0.3 is 0 Å². The zero-order valence-electron chi connectivity index (χ0n) is 15.5. The molecule has 0 atom stereocenters. The van der Waals surface area contributed by atoms with Crippen LogP contribution < -0.4 is 11.3 Å². The van der Waals surface area contributed by atoms with E-state index in [0.717, 1.165) is 25.7 Å². The standard InChI is InChI=1S/C19H22F2N6O/c1-26-11(7-14(20)21)6-13(25-26)12-8-27(17(9-2-3-9)10-4-5-10)19(28)15-16(12)23-24-18(15)22/h6,8-10,14,17H,2-5,7H2,1H3,(H3,22,23,24). The molecule has 3 N–H and O–H groups in total. The minimum Gasteiger partial charge on any atom is -0.382 e. The Bertz CT molecular complexity index is 1090. The highest BCUT2D eigenvalue weighted by Crippen LogP contribution is 2.52. The van der Waals surface area contributed by atoms with Gasteiger partial charge in [-0.15, -0.1) is 0 Å². The van der Waals surface area contributed by atoms with Crippen LogP contribution in [0.1, 0.15) is 37.4 Å². The molecule has 2 saturated carbocycles. The molecule has 0 bridgehead atoms. The maximum Gasteiger partial charge on any atom is 0.264 e. The quantitative estimate of drug-likeness (QED) is 0.679. The van der Waals surface area contributed by atoms with Gasteiger partial charge in [0.1, 0.15) is 5.39 Å². The predicted molar refractivity (Wildman–Crippen MR) is 101 cm³/mol. The number of nitrogens with zero attached hydrogens (tertiary/aromatic N) is 4. The number of alkyl halides is 2. The number of nitrogens with two attached hydrogens (primary N) is 1. The van der Waals surface area contributed by atoms with Gasteiger partial charge in [-0.1, -0.05) is 0 Å².